The number of nitrogens with two attached hydrogens (primary N) is 1. The van der Waals surface area contributed by atoms with Gasteiger partial charge in [-0.3, -0.25) is 4.57 Å². The SMILES string of the molecule is COc1ncnc2c1nc(N)n2-c1ccc(Cl)cc1I. The molecule has 2 aromatic heterocycles. The fourth-order valence-electron chi connectivity index (χ4n) is 1.94. The third-order valence-corrected chi connectivity index (χ3v) is 3.88. The zero-order chi connectivity index (χ0) is 14.3. The molecule has 6 nitrogen and oxygen atoms in total. The predicted octanol–water partition coefficient (Wildman–Crippen LogP) is 2.66. The lowest BCUT2D eigenvalue weighted by Gasteiger charge is -2.08. The Hall–Kier alpha value is -1.61. The maximum absolute atomic E-state index is 6.01. The van der Waals surface area contributed by atoms with Crippen LogP contribution in [0, 0.1) is 3.57 Å². The van der Waals surface area contributed by atoms with E-state index in [0.717, 1.165) is 9.26 Å². The van der Waals surface area contributed by atoms with E-state index >= 15 is 0 Å². The second kappa shape index (κ2) is 5.06. The summed E-state index contributed by atoms with van der Waals surface area (Å²) in [5.74, 6) is 0.712. The van der Waals surface area contributed by atoms with Crippen LogP contribution in [0.2, 0.25) is 5.02 Å². The molecule has 0 spiro atoms. The van der Waals surface area contributed by atoms with Gasteiger partial charge < -0.3 is 10.5 Å². The van der Waals surface area contributed by atoms with E-state index in [1.807, 2.05) is 12.1 Å². The highest BCUT2D eigenvalue weighted by molar-refractivity contribution is 14.1. The van der Waals surface area contributed by atoms with Gasteiger partial charge in [0.2, 0.25) is 11.8 Å². The largest absolute Gasteiger partial charge is 0.479 e. The number of ether oxygens (including phenoxy) is 1. The molecule has 1 aromatic carbocycles. The summed E-state index contributed by atoms with van der Waals surface area (Å²) in [5, 5.41) is 0.661. The van der Waals surface area contributed by atoms with Gasteiger partial charge in [0, 0.05) is 8.59 Å². The number of anilines is 1. The van der Waals surface area contributed by atoms with Crippen molar-refractivity contribution in [2.24, 2.45) is 0 Å². The Labute approximate surface area is 133 Å². The van der Waals surface area contributed by atoms with Gasteiger partial charge in [-0.15, -0.1) is 0 Å². The lowest BCUT2D eigenvalue weighted by molar-refractivity contribution is 0.401. The molecule has 3 aromatic rings. The number of aromatic nitrogens is 4. The Morgan fingerprint density at radius 2 is 2.15 bits per heavy atom. The number of hydrogen-bond acceptors (Lipinski definition) is 5. The summed E-state index contributed by atoms with van der Waals surface area (Å²) in [7, 11) is 1.53. The van der Waals surface area contributed by atoms with Gasteiger partial charge in [-0.1, -0.05) is 11.6 Å². The standard InChI is InChI=1S/C12H9ClIN5O/c1-20-11-9-10(16-5-17-11)19(12(15)18-9)8-3-2-6(13)4-7(8)14/h2-5H,1H3,(H2,15,18). The number of nitrogen functional groups attached to an aromatic ring is 1. The first-order chi connectivity index (χ1) is 9.61. The second-order valence-corrected chi connectivity index (χ2v) is 5.55. The molecule has 8 heteroatoms. The Balaban J connectivity index is 2.34. The van der Waals surface area contributed by atoms with Crippen molar-refractivity contribution in [1.82, 2.24) is 19.5 Å². The van der Waals surface area contributed by atoms with Gasteiger partial charge in [-0.25, -0.2) is 9.97 Å². The molecule has 0 aliphatic heterocycles. The lowest BCUT2D eigenvalue weighted by Crippen LogP contribution is -2.03. The van der Waals surface area contributed by atoms with E-state index in [1.165, 1.54) is 13.4 Å². The monoisotopic (exact) mass is 401 g/mol. The molecule has 0 amide bonds. The van der Waals surface area contributed by atoms with Crippen molar-refractivity contribution in [2.75, 3.05) is 12.8 Å². The molecule has 2 heterocycles. The summed E-state index contributed by atoms with van der Waals surface area (Å²) in [6, 6.07) is 5.51. The molecule has 0 radical (unpaired) electrons. The van der Waals surface area contributed by atoms with E-state index in [2.05, 4.69) is 37.5 Å². The smallest absolute Gasteiger partial charge is 0.245 e. The molecule has 102 valence electrons. The van der Waals surface area contributed by atoms with E-state index in [1.54, 1.807) is 10.6 Å². The predicted molar refractivity (Wildman–Crippen MR) is 85.4 cm³/mol. The molecule has 3 rings (SSSR count). The summed E-state index contributed by atoms with van der Waals surface area (Å²) >= 11 is 8.17. The zero-order valence-electron chi connectivity index (χ0n) is 10.3. The van der Waals surface area contributed by atoms with Gasteiger partial charge >= 0.3 is 0 Å². The van der Waals surface area contributed by atoms with Crippen LogP contribution >= 0.6 is 34.2 Å². The highest BCUT2D eigenvalue weighted by Crippen LogP contribution is 2.29. The summed E-state index contributed by atoms with van der Waals surface area (Å²) in [5.41, 5.74) is 7.98. The first-order valence-electron chi connectivity index (χ1n) is 5.60. The van der Waals surface area contributed by atoms with Crippen LogP contribution in [0.3, 0.4) is 0 Å². The number of hydrogen-bond donors (Lipinski definition) is 1. The molecular formula is C12H9ClIN5O. The van der Waals surface area contributed by atoms with Crippen molar-refractivity contribution in [3.63, 3.8) is 0 Å². The average molecular weight is 402 g/mol. The van der Waals surface area contributed by atoms with Crippen LogP contribution in [0.15, 0.2) is 24.5 Å². The quantitative estimate of drug-likeness (QED) is 0.668. The van der Waals surface area contributed by atoms with E-state index in [-0.39, 0.29) is 0 Å². The van der Waals surface area contributed by atoms with Crippen molar-refractivity contribution in [3.05, 3.63) is 33.1 Å². The van der Waals surface area contributed by atoms with Gasteiger partial charge in [0.15, 0.2) is 11.2 Å². The molecule has 0 fully saturated rings. The minimum atomic E-state index is 0.319. The van der Waals surface area contributed by atoms with Gasteiger partial charge in [0.05, 0.1) is 12.8 Å². The van der Waals surface area contributed by atoms with Gasteiger partial charge in [-0.05, 0) is 40.8 Å². The molecule has 20 heavy (non-hydrogen) atoms. The van der Waals surface area contributed by atoms with Crippen LogP contribution in [-0.2, 0) is 0 Å². The van der Waals surface area contributed by atoms with Gasteiger partial charge in [-0.2, -0.15) is 4.98 Å². The Morgan fingerprint density at radius 3 is 2.85 bits per heavy atom. The number of nitrogens with zero attached hydrogens (tertiary/aromatic N) is 4. The maximum atomic E-state index is 6.01. The molecule has 0 unspecified atom stereocenters. The maximum Gasteiger partial charge on any atom is 0.245 e. The topological polar surface area (TPSA) is 78.8 Å². The summed E-state index contributed by atoms with van der Waals surface area (Å²) in [4.78, 5) is 12.5. The Bertz CT molecular complexity index is 804. The number of benzene rings is 1. The van der Waals surface area contributed by atoms with Gasteiger partial charge in [0.25, 0.3) is 0 Å². The van der Waals surface area contributed by atoms with Crippen LogP contribution in [0.1, 0.15) is 0 Å². The van der Waals surface area contributed by atoms with Crippen LogP contribution in [-0.4, -0.2) is 26.6 Å². The van der Waals surface area contributed by atoms with Crippen molar-refractivity contribution < 1.29 is 4.74 Å². The summed E-state index contributed by atoms with van der Waals surface area (Å²) in [6.45, 7) is 0. The van der Waals surface area contributed by atoms with Crippen molar-refractivity contribution >= 4 is 51.3 Å². The third-order valence-electron chi connectivity index (χ3n) is 2.78. The second-order valence-electron chi connectivity index (χ2n) is 3.96. The lowest BCUT2D eigenvalue weighted by atomic mass is 10.3. The number of halogens is 2. The Morgan fingerprint density at radius 1 is 1.35 bits per heavy atom. The van der Waals surface area contributed by atoms with E-state index < -0.39 is 0 Å². The third kappa shape index (κ3) is 2.06. The van der Waals surface area contributed by atoms with Crippen LogP contribution in [0.4, 0.5) is 5.95 Å². The molecule has 2 N–H and O–H groups in total. The van der Waals surface area contributed by atoms with Crippen LogP contribution in [0.25, 0.3) is 16.9 Å². The van der Waals surface area contributed by atoms with Crippen LogP contribution < -0.4 is 10.5 Å². The number of fused-ring (bicyclic) bond motifs is 1. The molecule has 0 atom stereocenters. The van der Waals surface area contributed by atoms with E-state index in [9.17, 15) is 0 Å². The normalized spacial score (nSPS) is 10.9. The van der Waals surface area contributed by atoms with E-state index in [0.29, 0.717) is 28.0 Å². The zero-order valence-corrected chi connectivity index (χ0v) is 13.3. The van der Waals surface area contributed by atoms with Crippen LogP contribution in [0.5, 0.6) is 5.88 Å². The molecule has 0 bridgehead atoms. The molecule has 0 saturated carbocycles. The summed E-state index contributed by atoms with van der Waals surface area (Å²) in [6.07, 6.45) is 1.42. The van der Waals surface area contributed by atoms with Gasteiger partial charge in [0.1, 0.15) is 6.33 Å². The molecule has 0 saturated heterocycles. The highest BCUT2D eigenvalue weighted by atomic mass is 127. The summed E-state index contributed by atoms with van der Waals surface area (Å²) < 4.78 is 7.87. The molecule has 0 aliphatic rings. The average Bonchev–Trinajstić information content (AvgIpc) is 2.75. The molecular weight excluding hydrogens is 393 g/mol. The minimum absolute atomic E-state index is 0.319. The number of methoxy groups -OCH3 is 1. The van der Waals surface area contributed by atoms with Crippen molar-refractivity contribution in [1.29, 1.82) is 0 Å². The number of rotatable bonds is 2. The molecule has 0 aliphatic carbocycles. The highest BCUT2D eigenvalue weighted by Gasteiger charge is 2.17. The fraction of sp³-hybridized carbons (Fsp3) is 0.0833. The minimum Gasteiger partial charge on any atom is -0.479 e. The van der Waals surface area contributed by atoms with E-state index in [4.69, 9.17) is 22.1 Å². The number of imidazole rings is 1. The van der Waals surface area contributed by atoms with Crippen molar-refractivity contribution in [2.45, 2.75) is 0 Å². The fourth-order valence-corrected chi connectivity index (χ4v) is 3.05. The Kier molecular flexibility index (Phi) is 3.38. The first-order valence-corrected chi connectivity index (χ1v) is 7.06. The first kappa shape index (κ1) is 13.4. The van der Waals surface area contributed by atoms with Crippen molar-refractivity contribution in [3.8, 4) is 11.6 Å².